The smallest absolute Gasteiger partial charge is 0.181 e. The first-order chi connectivity index (χ1) is 14.0. The maximum absolute atomic E-state index is 14.5. The molecule has 9 heteroatoms. The molecule has 1 aliphatic heterocycles. The minimum absolute atomic E-state index is 0.0136. The molecule has 0 amide bonds. The normalized spacial score (nSPS) is 18.8. The van der Waals surface area contributed by atoms with Crippen molar-refractivity contribution in [3.05, 3.63) is 47.5 Å². The van der Waals surface area contributed by atoms with Crippen molar-refractivity contribution in [2.75, 3.05) is 31.6 Å². The molecule has 3 heterocycles. The van der Waals surface area contributed by atoms with E-state index < -0.39 is 12.0 Å². The van der Waals surface area contributed by atoms with Crippen molar-refractivity contribution >= 4 is 34.6 Å². The van der Waals surface area contributed by atoms with Gasteiger partial charge >= 0.3 is 0 Å². The maximum atomic E-state index is 14.5. The van der Waals surface area contributed by atoms with Crippen LogP contribution in [0.2, 0.25) is 5.02 Å². The van der Waals surface area contributed by atoms with Gasteiger partial charge in [0.1, 0.15) is 11.6 Å². The average Bonchev–Trinajstić information content (AvgIpc) is 3.13. The van der Waals surface area contributed by atoms with Gasteiger partial charge in [0, 0.05) is 49.5 Å². The lowest BCUT2D eigenvalue weighted by Gasteiger charge is -2.43. The highest BCUT2D eigenvalue weighted by Crippen LogP contribution is 2.33. The van der Waals surface area contributed by atoms with E-state index >= 15 is 0 Å². The van der Waals surface area contributed by atoms with Crippen LogP contribution in [0.1, 0.15) is 13.1 Å². The third kappa shape index (κ3) is 3.65. The fourth-order valence-electron chi connectivity index (χ4n) is 3.80. The molecule has 2 unspecified atom stereocenters. The highest BCUT2D eigenvalue weighted by Gasteiger charge is 2.32. The fraction of sp³-hybridized carbons (Fsp3) is 0.350. The lowest BCUT2D eigenvalue weighted by Crippen LogP contribution is -2.54. The van der Waals surface area contributed by atoms with Crippen LogP contribution in [-0.4, -0.2) is 58.7 Å². The summed E-state index contributed by atoms with van der Waals surface area (Å²) in [5, 5.41) is 5.56. The number of fused-ring (bicyclic) bond motifs is 1. The number of aldehydes is 1. The summed E-state index contributed by atoms with van der Waals surface area (Å²) in [6.45, 7) is 3.67. The molecule has 29 heavy (non-hydrogen) atoms. The molecule has 0 radical (unpaired) electrons. The number of benzene rings is 1. The molecule has 0 aliphatic carbocycles. The van der Waals surface area contributed by atoms with E-state index in [4.69, 9.17) is 16.3 Å². The lowest BCUT2D eigenvalue weighted by atomic mass is 10.1. The van der Waals surface area contributed by atoms with Gasteiger partial charge in [-0.1, -0.05) is 11.6 Å². The van der Waals surface area contributed by atoms with Gasteiger partial charge in [0.05, 0.1) is 17.8 Å². The lowest BCUT2D eigenvalue weighted by molar-refractivity contribution is -0.117. The molecule has 1 aromatic carbocycles. The summed E-state index contributed by atoms with van der Waals surface area (Å²) in [7, 11) is 1.50. The van der Waals surface area contributed by atoms with Gasteiger partial charge in [0.15, 0.2) is 18.1 Å². The van der Waals surface area contributed by atoms with Crippen molar-refractivity contribution in [1.29, 1.82) is 0 Å². The number of hydrogen-bond acceptors (Lipinski definition) is 6. The molecule has 4 rings (SSSR count). The van der Waals surface area contributed by atoms with Gasteiger partial charge in [-0.05, 0) is 25.1 Å². The van der Waals surface area contributed by atoms with Crippen molar-refractivity contribution in [3.8, 4) is 5.75 Å². The number of rotatable bonds is 5. The predicted molar refractivity (Wildman–Crippen MR) is 109 cm³/mol. The molecule has 1 aliphatic rings. The van der Waals surface area contributed by atoms with E-state index in [9.17, 15) is 9.18 Å². The van der Waals surface area contributed by atoms with Crippen LogP contribution < -0.4 is 9.64 Å². The second kappa shape index (κ2) is 7.96. The van der Waals surface area contributed by atoms with Gasteiger partial charge in [-0.15, -0.1) is 0 Å². The topological polar surface area (TPSA) is 63.5 Å². The second-order valence-electron chi connectivity index (χ2n) is 7.05. The van der Waals surface area contributed by atoms with Gasteiger partial charge in [0.25, 0.3) is 0 Å². The summed E-state index contributed by atoms with van der Waals surface area (Å²) < 4.78 is 21.4. The van der Waals surface area contributed by atoms with Crippen LogP contribution in [0.5, 0.6) is 5.75 Å². The SMILES string of the molecule is COc1cc(N2CCN(C(C=O)n3cc4cccnc4n3)C(C)C2)c(F)cc1Cl. The van der Waals surface area contributed by atoms with E-state index in [-0.39, 0.29) is 11.1 Å². The number of pyridine rings is 1. The zero-order valence-electron chi connectivity index (χ0n) is 16.1. The third-order valence-corrected chi connectivity index (χ3v) is 5.57. The fourth-order valence-corrected chi connectivity index (χ4v) is 4.03. The number of nitrogens with zero attached hydrogens (tertiary/aromatic N) is 5. The number of methoxy groups -OCH3 is 1. The molecule has 0 spiro atoms. The molecule has 0 saturated carbocycles. The van der Waals surface area contributed by atoms with Crippen molar-refractivity contribution in [2.45, 2.75) is 19.1 Å². The second-order valence-corrected chi connectivity index (χ2v) is 7.45. The molecule has 152 valence electrons. The molecule has 0 bridgehead atoms. The van der Waals surface area contributed by atoms with E-state index in [1.54, 1.807) is 16.9 Å². The summed E-state index contributed by atoms with van der Waals surface area (Å²) in [4.78, 5) is 20.2. The number of carbonyl (C=O) groups excluding carboxylic acids is 1. The van der Waals surface area contributed by atoms with Gasteiger partial charge in [-0.25, -0.2) is 14.1 Å². The Bertz CT molecular complexity index is 1010. The van der Waals surface area contributed by atoms with Gasteiger partial charge in [-0.2, -0.15) is 5.10 Å². The largest absolute Gasteiger partial charge is 0.495 e. The molecule has 2 atom stereocenters. The Labute approximate surface area is 172 Å². The van der Waals surface area contributed by atoms with Crippen molar-refractivity contribution in [3.63, 3.8) is 0 Å². The number of ether oxygens (including phenoxy) is 1. The number of halogens is 2. The molecule has 0 N–H and O–H groups in total. The highest BCUT2D eigenvalue weighted by atomic mass is 35.5. The molecule has 1 fully saturated rings. The summed E-state index contributed by atoms with van der Waals surface area (Å²) >= 11 is 6.01. The van der Waals surface area contributed by atoms with Gasteiger partial charge in [-0.3, -0.25) is 9.69 Å². The summed E-state index contributed by atoms with van der Waals surface area (Å²) in [5.74, 6) is 0.0347. The summed E-state index contributed by atoms with van der Waals surface area (Å²) in [6.07, 6.45) is 3.83. The zero-order valence-corrected chi connectivity index (χ0v) is 16.9. The number of hydrogen-bond donors (Lipinski definition) is 0. The average molecular weight is 418 g/mol. The molecular formula is C20H21ClFN5O2. The van der Waals surface area contributed by atoms with Crippen molar-refractivity contribution in [1.82, 2.24) is 19.7 Å². The van der Waals surface area contributed by atoms with Crippen LogP contribution in [0, 0.1) is 5.82 Å². The van der Waals surface area contributed by atoms with E-state index in [2.05, 4.69) is 15.0 Å². The van der Waals surface area contributed by atoms with Gasteiger partial charge < -0.3 is 9.64 Å². The van der Waals surface area contributed by atoms with E-state index in [0.717, 1.165) is 11.7 Å². The van der Waals surface area contributed by atoms with Crippen LogP contribution in [0.4, 0.5) is 10.1 Å². The van der Waals surface area contributed by atoms with Crippen LogP contribution in [0.15, 0.2) is 36.7 Å². The monoisotopic (exact) mass is 417 g/mol. The molecule has 7 nitrogen and oxygen atoms in total. The first-order valence-corrected chi connectivity index (χ1v) is 9.68. The number of anilines is 1. The minimum Gasteiger partial charge on any atom is -0.495 e. The first-order valence-electron chi connectivity index (χ1n) is 9.30. The number of carbonyl (C=O) groups is 1. The quantitative estimate of drug-likeness (QED) is 0.594. The molecular weight excluding hydrogens is 397 g/mol. The van der Waals surface area contributed by atoms with Crippen LogP contribution in [0.3, 0.4) is 0 Å². The predicted octanol–water partition coefficient (Wildman–Crippen LogP) is 3.14. The minimum atomic E-state index is -0.550. The summed E-state index contributed by atoms with van der Waals surface area (Å²) in [5.41, 5.74) is 1.04. The Morgan fingerprint density at radius 2 is 2.21 bits per heavy atom. The molecule has 1 saturated heterocycles. The third-order valence-electron chi connectivity index (χ3n) is 5.27. The van der Waals surface area contributed by atoms with E-state index in [1.165, 1.54) is 13.2 Å². The van der Waals surface area contributed by atoms with Crippen LogP contribution in [-0.2, 0) is 4.79 Å². The van der Waals surface area contributed by atoms with Gasteiger partial charge in [0.2, 0.25) is 0 Å². The van der Waals surface area contributed by atoms with E-state index in [0.29, 0.717) is 36.7 Å². The first kappa shape index (κ1) is 19.6. The Morgan fingerprint density at radius 3 is 2.90 bits per heavy atom. The highest BCUT2D eigenvalue weighted by molar-refractivity contribution is 6.32. The maximum Gasteiger partial charge on any atom is 0.181 e. The van der Waals surface area contributed by atoms with Crippen molar-refractivity contribution in [2.24, 2.45) is 0 Å². The molecule has 3 aromatic rings. The Hall–Kier alpha value is -2.71. The zero-order chi connectivity index (χ0) is 20.5. The Kier molecular flexibility index (Phi) is 5.38. The number of piperazine rings is 1. The van der Waals surface area contributed by atoms with Crippen LogP contribution >= 0.6 is 11.6 Å². The van der Waals surface area contributed by atoms with Crippen molar-refractivity contribution < 1.29 is 13.9 Å². The summed E-state index contributed by atoms with van der Waals surface area (Å²) in [6, 6.07) is 6.61. The standard InChI is InChI=1S/C20H21ClFN5O2/c1-13-10-25(17-9-18(29-2)15(21)8-16(17)22)6-7-26(13)19(12-28)27-11-14-4-3-5-23-20(14)24-27/h3-5,8-9,11-13,19H,6-7,10H2,1-2H3. The Balaban J connectivity index is 1.56. The van der Waals surface area contributed by atoms with E-state index in [1.807, 2.05) is 30.2 Å². The Morgan fingerprint density at radius 1 is 1.38 bits per heavy atom. The van der Waals surface area contributed by atoms with Crippen LogP contribution in [0.25, 0.3) is 11.0 Å². The number of aromatic nitrogens is 3. The molecule has 2 aromatic heterocycles.